The fraction of sp³-hybridized carbons (Fsp3) is 0.533. The van der Waals surface area contributed by atoms with E-state index in [-0.39, 0.29) is 11.6 Å². The Bertz CT molecular complexity index is 553. The molecule has 1 unspecified atom stereocenters. The highest BCUT2D eigenvalue weighted by Crippen LogP contribution is 2.37. The van der Waals surface area contributed by atoms with Crippen LogP contribution in [-0.2, 0) is 0 Å². The molecule has 1 amide bonds. The highest BCUT2D eigenvalue weighted by atomic mass is 16.6. The number of anilines is 1. The van der Waals surface area contributed by atoms with Gasteiger partial charge in [0.15, 0.2) is 0 Å². The van der Waals surface area contributed by atoms with E-state index in [0.717, 1.165) is 5.92 Å². The molecule has 1 aliphatic rings. The molecule has 2 rings (SSSR count). The lowest BCUT2D eigenvalue weighted by atomic mass is 10.1. The van der Waals surface area contributed by atoms with Crippen LogP contribution in [0.5, 0.6) is 0 Å². The van der Waals surface area contributed by atoms with Gasteiger partial charge in [-0.2, -0.15) is 0 Å². The third kappa shape index (κ3) is 3.71. The first kappa shape index (κ1) is 15.3. The number of nitro groups is 1. The Morgan fingerprint density at radius 2 is 2.14 bits per heavy atom. The number of rotatable bonds is 6. The summed E-state index contributed by atoms with van der Waals surface area (Å²) in [4.78, 5) is 24.1. The molecule has 1 N–H and O–H groups in total. The molecule has 1 fully saturated rings. The number of hydrogen-bond acceptors (Lipinski definition) is 4. The van der Waals surface area contributed by atoms with Crippen molar-refractivity contribution in [2.45, 2.75) is 19.8 Å². The first-order valence-corrected chi connectivity index (χ1v) is 7.14. The molecular weight excluding hydrogens is 270 g/mol. The summed E-state index contributed by atoms with van der Waals surface area (Å²) < 4.78 is 0. The number of nitrogens with one attached hydrogen (secondary N) is 1. The highest BCUT2D eigenvalue weighted by molar-refractivity contribution is 5.95. The summed E-state index contributed by atoms with van der Waals surface area (Å²) in [6.07, 6.45) is 2.48. The summed E-state index contributed by atoms with van der Waals surface area (Å²) in [5.74, 6) is 1.05. The van der Waals surface area contributed by atoms with E-state index >= 15 is 0 Å². The maximum Gasteiger partial charge on any atom is 0.292 e. The van der Waals surface area contributed by atoms with Crippen molar-refractivity contribution in [1.82, 2.24) is 4.90 Å². The van der Waals surface area contributed by atoms with Gasteiger partial charge in [0.25, 0.3) is 11.6 Å². The summed E-state index contributed by atoms with van der Waals surface area (Å²) >= 11 is 0. The molecule has 0 bridgehead atoms. The molecule has 0 radical (unpaired) electrons. The Balaban J connectivity index is 2.19. The Kier molecular flexibility index (Phi) is 4.45. The summed E-state index contributed by atoms with van der Waals surface area (Å²) in [6, 6.07) is 4.46. The zero-order chi connectivity index (χ0) is 15.6. The highest BCUT2D eigenvalue weighted by Gasteiger charge is 2.28. The maximum atomic E-state index is 12.0. The number of benzene rings is 1. The van der Waals surface area contributed by atoms with E-state index in [1.807, 2.05) is 0 Å². The fourth-order valence-corrected chi connectivity index (χ4v) is 2.33. The molecule has 0 heterocycles. The maximum absolute atomic E-state index is 12.0. The van der Waals surface area contributed by atoms with Crippen LogP contribution < -0.4 is 5.32 Å². The van der Waals surface area contributed by atoms with Crippen LogP contribution in [-0.4, -0.2) is 36.4 Å². The van der Waals surface area contributed by atoms with Gasteiger partial charge in [-0.3, -0.25) is 14.9 Å². The molecular formula is C15H21N3O3. The van der Waals surface area contributed by atoms with Crippen LogP contribution >= 0.6 is 0 Å². The second-order valence-electron chi connectivity index (χ2n) is 5.88. The molecule has 1 saturated carbocycles. The van der Waals surface area contributed by atoms with Gasteiger partial charge in [-0.1, -0.05) is 6.92 Å². The summed E-state index contributed by atoms with van der Waals surface area (Å²) in [7, 11) is 3.32. The molecule has 0 aliphatic heterocycles. The van der Waals surface area contributed by atoms with Gasteiger partial charge in [-0.25, -0.2) is 0 Å². The smallest absolute Gasteiger partial charge is 0.292 e. The molecule has 1 aliphatic carbocycles. The standard InChI is InChI=1S/C15H21N3O3/c1-10(11-4-5-11)9-16-13-8-12(15(19)17(2)3)6-7-14(13)18(20)21/h6-8,10-11,16H,4-5,9H2,1-3H3. The van der Waals surface area contributed by atoms with Crippen molar-refractivity contribution in [3.8, 4) is 0 Å². The third-order valence-corrected chi connectivity index (χ3v) is 3.89. The van der Waals surface area contributed by atoms with Gasteiger partial charge in [-0.05, 0) is 36.8 Å². The van der Waals surface area contributed by atoms with Gasteiger partial charge in [-0.15, -0.1) is 0 Å². The number of nitro benzene ring substituents is 1. The van der Waals surface area contributed by atoms with Crippen LogP contribution in [0.2, 0.25) is 0 Å². The molecule has 1 aromatic carbocycles. The molecule has 0 aromatic heterocycles. The number of hydrogen-bond donors (Lipinski definition) is 1. The number of amides is 1. The topological polar surface area (TPSA) is 75.5 Å². The van der Waals surface area contributed by atoms with E-state index in [1.54, 1.807) is 20.2 Å². The zero-order valence-corrected chi connectivity index (χ0v) is 12.6. The Morgan fingerprint density at radius 3 is 2.67 bits per heavy atom. The number of nitrogens with zero attached hydrogens (tertiary/aromatic N) is 2. The van der Waals surface area contributed by atoms with E-state index in [9.17, 15) is 14.9 Å². The van der Waals surface area contributed by atoms with E-state index in [2.05, 4.69) is 12.2 Å². The van der Waals surface area contributed by atoms with E-state index in [4.69, 9.17) is 0 Å². The monoisotopic (exact) mass is 291 g/mol. The van der Waals surface area contributed by atoms with Crippen LogP contribution in [0.3, 0.4) is 0 Å². The molecule has 6 nitrogen and oxygen atoms in total. The van der Waals surface area contributed by atoms with Crippen LogP contribution in [0.15, 0.2) is 18.2 Å². The SMILES string of the molecule is CC(CNc1cc(C(=O)N(C)C)ccc1[N+](=O)[O-])C1CC1. The van der Waals surface area contributed by atoms with Gasteiger partial charge in [0.05, 0.1) is 4.92 Å². The van der Waals surface area contributed by atoms with Crippen LogP contribution in [0, 0.1) is 22.0 Å². The van der Waals surface area contributed by atoms with Gasteiger partial charge < -0.3 is 10.2 Å². The quantitative estimate of drug-likeness (QED) is 0.646. The van der Waals surface area contributed by atoms with E-state index in [0.29, 0.717) is 23.7 Å². The minimum atomic E-state index is -0.423. The molecule has 1 atom stereocenters. The first-order chi connectivity index (χ1) is 9.90. The average Bonchev–Trinajstić information content (AvgIpc) is 3.27. The predicted octanol–water partition coefficient (Wildman–Crippen LogP) is 2.75. The number of carbonyl (C=O) groups is 1. The first-order valence-electron chi connectivity index (χ1n) is 7.14. The molecule has 1 aromatic rings. The molecule has 6 heteroatoms. The predicted molar refractivity (Wildman–Crippen MR) is 81.5 cm³/mol. The largest absolute Gasteiger partial charge is 0.379 e. The van der Waals surface area contributed by atoms with E-state index in [1.165, 1.54) is 29.9 Å². The van der Waals surface area contributed by atoms with Gasteiger partial charge in [0.1, 0.15) is 5.69 Å². The van der Waals surface area contributed by atoms with Crippen molar-refractivity contribution < 1.29 is 9.72 Å². The lowest BCUT2D eigenvalue weighted by molar-refractivity contribution is -0.384. The van der Waals surface area contributed by atoms with E-state index < -0.39 is 4.92 Å². The summed E-state index contributed by atoms with van der Waals surface area (Å²) in [6.45, 7) is 2.83. The van der Waals surface area contributed by atoms with Crippen molar-refractivity contribution >= 4 is 17.3 Å². The molecule has 0 saturated heterocycles. The minimum absolute atomic E-state index is 0.00769. The summed E-state index contributed by atoms with van der Waals surface area (Å²) in [5.41, 5.74) is 0.876. The van der Waals surface area contributed by atoms with Gasteiger partial charge in [0.2, 0.25) is 0 Å². The lowest BCUT2D eigenvalue weighted by Crippen LogP contribution is -2.22. The van der Waals surface area contributed by atoms with Crippen molar-refractivity contribution in [1.29, 1.82) is 0 Å². The average molecular weight is 291 g/mol. The minimum Gasteiger partial charge on any atom is -0.379 e. The molecule has 0 spiro atoms. The van der Waals surface area contributed by atoms with Gasteiger partial charge in [0, 0.05) is 32.3 Å². The second-order valence-corrected chi connectivity index (χ2v) is 5.88. The number of carbonyl (C=O) groups excluding carboxylic acids is 1. The Hall–Kier alpha value is -2.11. The fourth-order valence-electron chi connectivity index (χ4n) is 2.33. The molecule has 114 valence electrons. The van der Waals surface area contributed by atoms with Crippen molar-refractivity contribution in [2.24, 2.45) is 11.8 Å². The lowest BCUT2D eigenvalue weighted by Gasteiger charge is -2.15. The van der Waals surface area contributed by atoms with Crippen LogP contribution in [0.1, 0.15) is 30.1 Å². The van der Waals surface area contributed by atoms with Gasteiger partial charge >= 0.3 is 0 Å². The Labute approximate surface area is 124 Å². The molecule has 21 heavy (non-hydrogen) atoms. The van der Waals surface area contributed by atoms with Crippen molar-refractivity contribution in [3.63, 3.8) is 0 Å². The van der Waals surface area contributed by atoms with Crippen LogP contribution in [0.25, 0.3) is 0 Å². The van der Waals surface area contributed by atoms with Crippen molar-refractivity contribution in [3.05, 3.63) is 33.9 Å². The van der Waals surface area contributed by atoms with Crippen LogP contribution in [0.4, 0.5) is 11.4 Å². The second kappa shape index (κ2) is 6.11. The van der Waals surface area contributed by atoms with Crippen molar-refractivity contribution in [2.75, 3.05) is 26.0 Å². The normalized spacial score (nSPS) is 15.4. The zero-order valence-electron chi connectivity index (χ0n) is 12.6. The summed E-state index contributed by atoms with van der Waals surface area (Å²) in [5, 5.41) is 14.2. The third-order valence-electron chi connectivity index (χ3n) is 3.89. The Morgan fingerprint density at radius 1 is 1.48 bits per heavy atom.